The lowest BCUT2D eigenvalue weighted by atomic mass is 9.99. The van der Waals surface area contributed by atoms with Gasteiger partial charge in [0.15, 0.2) is 0 Å². The van der Waals surface area contributed by atoms with Crippen molar-refractivity contribution in [3.8, 4) is 5.75 Å². The first kappa shape index (κ1) is 16.5. The van der Waals surface area contributed by atoms with Gasteiger partial charge in [-0.1, -0.05) is 6.92 Å². The fraction of sp³-hybridized carbons (Fsp3) is 0.455. The van der Waals surface area contributed by atoms with Crippen molar-refractivity contribution in [2.75, 3.05) is 0 Å². The maximum Gasteiger partial charge on any atom is 0.420 e. The maximum atomic E-state index is 12.8. The van der Waals surface area contributed by atoms with E-state index in [-0.39, 0.29) is 12.1 Å². The van der Waals surface area contributed by atoms with E-state index in [2.05, 4.69) is 4.74 Å². The summed E-state index contributed by atoms with van der Waals surface area (Å²) in [5.74, 6) is -1.53. The average molecular weight is 308 g/mol. The molecule has 0 saturated carbocycles. The summed E-state index contributed by atoms with van der Waals surface area (Å²) in [7, 11) is 0. The highest BCUT2D eigenvalue weighted by Crippen LogP contribution is 2.43. The van der Waals surface area contributed by atoms with Gasteiger partial charge in [0.25, 0.3) is 0 Å². The molecule has 0 fully saturated rings. The van der Waals surface area contributed by atoms with Crippen LogP contribution in [0.2, 0.25) is 0 Å². The summed E-state index contributed by atoms with van der Waals surface area (Å²) in [5, 5.41) is 0. The molecular weight excluding hydrogens is 300 g/mol. The molecule has 20 heavy (non-hydrogen) atoms. The van der Waals surface area contributed by atoms with Gasteiger partial charge in [0.05, 0.1) is 5.56 Å². The first-order chi connectivity index (χ1) is 8.96. The number of hydrogen-bond donors (Lipinski definition) is 0. The molecule has 9 heteroatoms. The molecule has 0 atom stereocenters. The Hall–Kier alpha value is -1.54. The molecule has 0 saturated heterocycles. The van der Waals surface area contributed by atoms with Crippen molar-refractivity contribution < 1.29 is 39.9 Å². The first-order valence-corrected chi connectivity index (χ1v) is 5.23. The van der Waals surface area contributed by atoms with Crippen molar-refractivity contribution >= 4 is 0 Å². The number of aryl methyl sites for hydroxylation is 1. The topological polar surface area (TPSA) is 9.23 Å². The normalized spacial score (nSPS) is 12.9. The third-order valence-electron chi connectivity index (χ3n) is 2.39. The van der Waals surface area contributed by atoms with Crippen LogP contribution in [-0.2, 0) is 18.8 Å². The smallest absolute Gasteiger partial charge is 0.420 e. The van der Waals surface area contributed by atoms with Gasteiger partial charge in [-0.25, -0.2) is 0 Å². The first-order valence-electron chi connectivity index (χ1n) is 5.23. The highest BCUT2D eigenvalue weighted by Gasteiger charge is 2.40. The molecule has 0 aliphatic rings. The Bertz CT molecular complexity index is 475. The van der Waals surface area contributed by atoms with Crippen LogP contribution in [0.1, 0.15) is 23.6 Å². The number of hydrogen-bond acceptors (Lipinski definition) is 1. The van der Waals surface area contributed by atoms with Gasteiger partial charge in [0, 0.05) is 0 Å². The van der Waals surface area contributed by atoms with Crippen LogP contribution in [0.15, 0.2) is 12.1 Å². The van der Waals surface area contributed by atoms with Gasteiger partial charge in [-0.05, 0) is 24.1 Å². The second-order valence-corrected chi connectivity index (χ2v) is 3.74. The lowest BCUT2D eigenvalue weighted by molar-refractivity contribution is -0.145. The van der Waals surface area contributed by atoms with Crippen LogP contribution >= 0.6 is 0 Å². The summed E-state index contributed by atoms with van der Waals surface area (Å²) in [6.45, 7) is -2.49. The fourth-order valence-corrected chi connectivity index (χ4v) is 1.63. The minimum absolute atomic E-state index is 0.0753. The van der Waals surface area contributed by atoms with Crippen LogP contribution in [-0.4, -0.2) is 6.61 Å². The van der Waals surface area contributed by atoms with E-state index >= 15 is 0 Å². The van der Waals surface area contributed by atoms with Crippen LogP contribution in [0.3, 0.4) is 0 Å². The summed E-state index contributed by atoms with van der Waals surface area (Å²) in [6.07, 6.45) is -10.5. The van der Waals surface area contributed by atoms with E-state index in [0.717, 1.165) is 0 Å². The van der Waals surface area contributed by atoms with E-state index in [0.29, 0.717) is 0 Å². The minimum Gasteiger partial charge on any atom is -0.434 e. The molecule has 1 nitrogen and oxygen atoms in total. The van der Waals surface area contributed by atoms with Gasteiger partial charge < -0.3 is 4.74 Å². The van der Waals surface area contributed by atoms with Gasteiger partial charge in [0.2, 0.25) is 0 Å². The Morgan fingerprint density at radius 1 is 1.00 bits per heavy atom. The van der Waals surface area contributed by atoms with Crippen molar-refractivity contribution in [3.63, 3.8) is 0 Å². The Balaban J connectivity index is 3.56. The van der Waals surface area contributed by atoms with Crippen LogP contribution in [0, 0.1) is 0 Å². The predicted octanol–water partition coefficient (Wildman–Crippen LogP) is 4.89. The monoisotopic (exact) mass is 308 g/mol. The zero-order valence-corrected chi connectivity index (χ0v) is 9.87. The third kappa shape index (κ3) is 3.73. The molecule has 114 valence electrons. The molecule has 0 amide bonds. The molecule has 0 N–H and O–H groups in total. The lowest BCUT2D eigenvalue weighted by Crippen LogP contribution is -2.17. The predicted molar refractivity (Wildman–Crippen MR) is 52.5 cm³/mol. The minimum atomic E-state index is -5.10. The number of halogens is 8. The average Bonchev–Trinajstić information content (AvgIpc) is 2.24. The second kappa shape index (κ2) is 5.45. The van der Waals surface area contributed by atoms with E-state index < -0.39 is 47.8 Å². The van der Waals surface area contributed by atoms with Gasteiger partial charge in [-0.2, -0.15) is 35.1 Å². The Labute approximate surface area is 108 Å². The molecule has 0 unspecified atom stereocenters. The van der Waals surface area contributed by atoms with Crippen molar-refractivity contribution in [2.45, 2.75) is 32.3 Å². The molecule has 1 aromatic carbocycles. The molecule has 1 rings (SSSR count). The standard InChI is InChI=1S/C11H8F8O/c1-2-5-3-6(10(14,15)16)4-7(20-9(12)13)8(5)11(17,18)19/h3-4,9H,2H2,1H3. The summed E-state index contributed by atoms with van der Waals surface area (Å²) >= 11 is 0. The number of rotatable bonds is 3. The van der Waals surface area contributed by atoms with Crippen LogP contribution in [0.25, 0.3) is 0 Å². The van der Waals surface area contributed by atoms with E-state index in [1.54, 1.807) is 0 Å². The van der Waals surface area contributed by atoms with Crippen LogP contribution in [0.4, 0.5) is 35.1 Å². The Morgan fingerprint density at radius 3 is 1.90 bits per heavy atom. The molecule has 0 radical (unpaired) electrons. The molecule has 0 spiro atoms. The SMILES string of the molecule is CCc1cc(C(F)(F)F)cc(OC(F)F)c1C(F)(F)F. The largest absolute Gasteiger partial charge is 0.434 e. The van der Waals surface area contributed by atoms with E-state index in [9.17, 15) is 35.1 Å². The molecule has 0 bridgehead atoms. The maximum absolute atomic E-state index is 12.8. The summed E-state index contributed by atoms with van der Waals surface area (Å²) in [4.78, 5) is 0. The van der Waals surface area contributed by atoms with Crippen LogP contribution in [0.5, 0.6) is 5.75 Å². The summed E-state index contributed by atoms with van der Waals surface area (Å²) in [5.41, 5.74) is -3.85. The van der Waals surface area contributed by atoms with Gasteiger partial charge in [-0.3, -0.25) is 0 Å². The molecular formula is C11H8F8O. The molecule has 0 aromatic heterocycles. The highest BCUT2D eigenvalue weighted by atomic mass is 19.4. The number of alkyl halides is 8. The van der Waals surface area contributed by atoms with Crippen molar-refractivity contribution in [3.05, 3.63) is 28.8 Å². The Morgan fingerprint density at radius 2 is 1.55 bits per heavy atom. The zero-order valence-electron chi connectivity index (χ0n) is 9.87. The lowest BCUT2D eigenvalue weighted by Gasteiger charge is -2.19. The number of benzene rings is 1. The van der Waals surface area contributed by atoms with E-state index in [4.69, 9.17) is 0 Å². The second-order valence-electron chi connectivity index (χ2n) is 3.74. The highest BCUT2D eigenvalue weighted by molar-refractivity contribution is 5.46. The fourth-order valence-electron chi connectivity index (χ4n) is 1.63. The molecule has 1 aromatic rings. The van der Waals surface area contributed by atoms with Gasteiger partial charge in [-0.15, -0.1) is 0 Å². The van der Waals surface area contributed by atoms with Gasteiger partial charge >= 0.3 is 19.0 Å². The summed E-state index contributed by atoms with van der Waals surface area (Å²) < 4.78 is 104. The van der Waals surface area contributed by atoms with Crippen molar-refractivity contribution in [1.82, 2.24) is 0 Å². The number of ether oxygens (including phenoxy) is 1. The third-order valence-corrected chi connectivity index (χ3v) is 2.39. The summed E-state index contributed by atoms with van der Waals surface area (Å²) in [6, 6.07) is 0.204. The van der Waals surface area contributed by atoms with Gasteiger partial charge in [0.1, 0.15) is 11.3 Å². The quantitative estimate of drug-likeness (QED) is 0.723. The molecule has 0 heterocycles. The zero-order chi connectivity index (χ0) is 15.7. The van der Waals surface area contributed by atoms with Crippen molar-refractivity contribution in [1.29, 1.82) is 0 Å². The molecule has 0 aliphatic carbocycles. The van der Waals surface area contributed by atoms with E-state index in [1.807, 2.05) is 0 Å². The molecule has 0 aliphatic heterocycles. The van der Waals surface area contributed by atoms with E-state index in [1.165, 1.54) is 6.92 Å². The van der Waals surface area contributed by atoms with Crippen molar-refractivity contribution in [2.24, 2.45) is 0 Å². The van der Waals surface area contributed by atoms with Crippen LogP contribution < -0.4 is 4.74 Å². The Kier molecular flexibility index (Phi) is 4.50.